The van der Waals surface area contributed by atoms with Gasteiger partial charge in [-0.3, -0.25) is 19.8 Å². The van der Waals surface area contributed by atoms with Gasteiger partial charge < -0.3 is 20.1 Å². The van der Waals surface area contributed by atoms with E-state index in [1.165, 1.54) is 0 Å². The number of benzene rings is 1. The zero-order valence-electron chi connectivity index (χ0n) is 16.4. The highest BCUT2D eigenvalue weighted by Crippen LogP contribution is 2.36. The molecule has 1 saturated heterocycles. The highest BCUT2D eigenvalue weighted by Gasteiger charge is 2.49. The van der Waals surface area contributed by atoms with Crippen molar-refractivity contribution >= 4 is 23.9 Å². The number of hydrogen-bond donors (Lipinski definition) is 3. The maximum atomic E-state index is 12.9. The second-order valence-corrected chi connectivity index (χ2v) is 6.96. The summed E-state index contributed by atoms with van der Waals surface area (Å²) in [6, 6.07) is 3.59. The van der Waals surface area contributed by atoms with Gasteiger partial charge in [-0.1, -0.05) is 19.4 Å². The van der Waals surface area contributed by atoms with Gasteiger partial charge in [0.25, 0.3) is 5.91 Å². The molecule has 1 aromatic rings. The monoisotopic (exact) mass is 404 g/mol. The zero-order valence-corrected chi connectivity index (χ0v) is 16.4. The van der Waals surface area contributed by atoms with Gasteiger partial charge in [0.1, 0.15) is 25.3 Å². The van der Waals surface area contributed by atoms with Crippen LogP contribution >= 0.6 is 0 Å². The number of imide groups is 2. The molecule has 0 radical (unpaired) electrons. The number of amides is 6. The molecule has 1 fully saturated rings. The standard InChI is InChI=1S/C19H24N4O6/c1-3-4-7-20-17(26)21-15(24)11-23-16(25)19(2,22-18(23)27)12-5-6-13-14(10-12)29-9-8-28-13/h5-6,10H,3-4,7-9,11H2,1-2H3,(H,22,27)(H2,20,21,24,26)/t19-/m1/s1. The van der Waals surface area contributed by atoms with Crippen LogP contribution in [0.2, 0.25) is 0 Å². The van der Waals surface area contributed by atoms with Crippen molar-refractivity contribution in [3.05, 3.63) is 23.8 Å². The summed E-state index contributed by atoms with van der Waals surface area (Å²) in [5, 5.41) is 7.26. The van der Waals surface area contributed by atoms with E-state index < -0.39 is 36.0 Å². The fraction of sp³-hybridized carbons (Fsp3) is 0.474. The van der Waals surface area contributed by atoms with E-state index in [0.717, 1.165) is 17.7 Å². The average molecular weight is 404 g/mol. The predicted octanol–water partition coefficient (Wildman–Crippen LogP) is 0.851. The third kappa shape index (κ3) is 4.25. The number of ether oxygens (including phenoxy) is 2. The van der Waals surface area contributed by atoms with E-state index >= 15 is 0 Å². The first kappa shape index (κ1) is 20.4. The molecule has 0 unspecified atom stereocenters. The van der Waals surface area contributed by atoms with Gasteiger partial charge in [-0.25, -0.2) is 9.59 Å². The first-order valence-corrected chi connectivity index (χ1v) is 9.47. The molecular formula is C19H24N4O6. The first-order chi connectivity index (χ1) is 13.8. The number of carbonyl (C=O) groups excluding carboxylic acids is 4. The SMILES string of the molecule is CCCCNC(=O)NC(=O)CN1C(=O)N[C@](C)(c2ccc3c(c2)OCCO3)C1=O. The second-order valence-electron chi connectivity index (χ2n) is 6.96. The Morgan fingerprint density at radius 1 is 1.21 bits per heavy atom. The van der Waals surface area contributed by atoms with Gasteiger partial charge in [0.2, 0.25) is 5.91 Å². The number of carbonyl (C=O) groups is 4. The molecule has 2 aliphatic heterocycles. The van der Waals surface area contributed by atoms with Gasteiger partial charge in [-0.05, 0) is 31.0 Å². The molecule has 1 aromatic carbocycles. The summed E-state index contributed by atoms with van der Waals surface area (Å²) in [5.41, 5.74) is -0.864. The zero-order chi connectivity index (χ0) is 21.0. The Balaban J connectivity index is 1.67. The average Bonchev–Trinajstić information content (AvgIpc) is 2.91. The number of nitrogens with zero attached hydrogens (tertiary/aromatic N) is 1. The van der Waals surface area contributed by atoms with Crippen molar-refractivity contribution in [1.29, 1.82) is 0 Å². The van der Waals surface area contributed by atoms with Crippen molar-refractivity contribution in [2.75, 3.05) is 26.3 Å². The summed E-state index contributed by atoms with van der Waals surface area (Å²) in [6.07, 6.45) is 1.68. The molecule has 0 spiro atoms. The van der Waals surface area contributed by atoms with Gasteiger partial charge in [-0.15, -0.1) is 0 Å². The minimum atomic E-state index is -1.36. The smallest absolute Gasteiger partial charge is 0.325 e. The van der Waals surface area contributed by atoms with E-state index in [1.54, 1.807) is 25.1 Å². The lowest BCUT2D eigenvalue weighted by Crippen LogP contribution is -2.47. The third-order valence-corrected chi connectivity index (χ3v) is 4.77. The van der Waals surface area contributed by atoms with Crippen LogP contribution in [0.3, 0.4) is 0 Å². The van der Waals surface area contributed by atoms with Gasteiger partial charge in [0.05, 0.1) is 0 Å². The van der Waals surface area contributed by atoms with Crippen molar-refractivity contribution in [3.63, 3.8) is 0 Å². The summed E-state index contributed by atoms with van der Waals surface area (Å²) in [6.45, 7) is 4.22. The second kappa shape index (κ2) is 8.38. The fourth-order valence-corrected chi connectivity index (χ4v) is 3.12. The van der Waals surface area contributed by atoms with E-state index in [-0.39, 0.29) is 0 Å². The molecule has 3 rings (SSSR count). The number of fused-ring (bicyclic) bond motifs is 1. The minimum absolute atomic E-state index is 0.389. The van der Waals surface area contributed by atoms with E-state index in [0.29, 0.717) is 36.8 Å². The van der Waals surface area contributed by atoms with Crippen LogP contribution in [0.1, 0.15) is 32.3 Å². The lowest BCUT2D eigenvalue weighted by atomic mass is 9.91. The van der Waals surface area contributed by atoms with Gasteiger partial charge in [-0.2, -0.15) is 0 Å². The maximum Gasteiger partial charge on any atom is 0.325 e. The molecule has 3 N–H and O–H groups in total. The van der Waals surface area contributed by atoms with Crippen molar-refractivity contribution in [2.45, 2.75) is 32.2 Å². The summed E-state index contributed by atoms with van der Waals surface area (Å²) in [5.74, 6) is -0.308. The lowest BCUT2D eigenvalue weighted by Gasteiger charge is -2.25. The molecular weight excluding hydrogens is 380 g/mol. The summed E-state index contributed by atoms with van der Waals surface area (Å²) in [7, 11) is 0. The normalized spacial score (nSPS) is 20.3. The lowest BCUT2D eigenvalue weighted by molar-refractivity contribution is -0.134. The fourth-order valence-electron chi connectivity index (χ4n) is 3.12. The van der Waals surface area contributed by atoms with Crippen LogP contribution in [-0.2, 0) is 15.1 Å². The molecule has 10 nitrogen and oxygen atoms in total. The Bertz CT molecular complexity index is 842. The topological polar surface area (TPSA) is 126 Å². The number of hydrogen-bond acceptors (Lipinski definition) is 6. The Morgan fingerprint density at radius 3 is 2.66 bits per heavy atom. The molecule has 10 heteroatoms. The van der Waals surface area contributed by atoms with Crippen LogP contribution in [0.5, 0.6) is 11.5 Å². The first-order valence-electron chi connectivity index (χ1n) is 9.47. The van der Waals surface area contributed by atoms with Crippen LogP contribution in [-0.4, -0.2) is 55.1 Å². The molecule has 6 amide bonds. The Kier molecular flexibility index (Phi) is 5.90. The van der Waals surface area contributed by atoms with E-state index in [9.17, 15) is 19.2 Å². The number of urea groups is 2. The van der Waals surface area contributed by atoms with Crippen molar-refractivity contribution in [1.82, 2.24) is 20.9 Å². The predicted molar refractivity (Wildman–Crippen MR) is 101 cm³/mol. The molecule has 0 saturated carbocycles. The highest BCUT2D eigenvalue weighted by atomic mass is 16.6. The Hall–Kier alpha value is -3.30. The van der Waals surface area contributed by atoms with Crippen LogP contribution < -0.4 is 25.4 Å². The van der Waals surface area contributed by atoms with Crippen LogP contribution in [0.4, 0.5) is 9.59 Å². The molecule has 0 aromatic heterocycles. The maximum absolute atomic E-state index is 12.9. The van der Waals surface area contributed by atoms with Crippen molar-refractivity contribution < 1.29 is 28.7 Å². The van der Waals surface area contributed by atoms with Crippen molar-refractivity contribution in [3.8, 4) is 11.5 Å². The molecule has 0 aliphatic carbocycles. The Morgan fingerprint density at radius 2 is 1.93 bits per heavy atom. The summed E-state index contributed by atoms with van der Waals surface area (Å²) in [4.78, 5) is 49.8. The molecule has 2 heterocycles. The number of nitrogens with one attached hydrogen (secondary N) is 3. The molecule has 2 aliphatic rings. The van der Waals surface area contributed by atoms with Crippen molar-refractivity contribution in [2.24, 2.45) is 0 Å². The number of rotatable bonds is 6. The molecule has 1 atom stereocenters. The van der Waals surface area contributed by atoms with Gasteiger partial charge in [0.15, 0.2) is 11.5 Å². The largest absolute Gasteiger partial charge is 0.486 e. The van der Waals surface area contributed by atoms with E-state index in [1.807, 2.05) is 6.92 Å². The van der Waals surface area contributed by atoms with Crippen LogP contribution in [0, 0.1) is 0 Å². The molecule has 156 valence electrons. The van der Waals surface area contributed by atoms with E-state index in [4.69, 9.17) is 9.47 Å². The van der Waals surface area contributed by atoms with Gasteiger partial charge in [0, 0.05) is 6.54 Å². The van der Waals surface area contributed by atoms with E-state index in [2.05, 4.69) is 16.0 Å². The van der Waals surface area contributed by atoms with Crippen LogP contribution in [0.15, 0.2) is 18.2 Å². The summed E-state index contributed by atoms with van der Waals surface area (Å²) < 4.78 is 11.0. The quantitative estimate of drug-likeness (QED) is 0.477. The minimum Gasteiger partial charge on any atom is -0.486 e. The molecule has 29 heavy (non-hydrogen) atoms. The highest BCUT2D eigenvalue weighted by molar-refractivity contribution is 6.10. The van der Waals surface area contributed by atoms with Gasteiger partial charge >= 0.3 is 12.1 Å². The Labute approximate surface area is 167 Å². The molecule has 0 bridgehead atoms. The third-order valence-electron chi connectivity index (χ3n) is 4.77. The van der Waals surface area contributed by atoms with Crippen LogP contribution in [0.25, 0.3) is 0 Å². The number of unbranched alkanes of at least 4 members (excludes halogenated alkanes) is 1. The summed E-state index contributed by atoms with van der Waals surface area (Å²) >= 11 is 0.